The number of H-pyrrole nitrogens is 1. The van der Waals surface area contributed by atoms with E-state index in [-0.39, 0.29) is 18.2 Å². The topological polar surface area (TPSA) is 65.6 Å². The molecule has 126 valence electrons. The summed E-state index contributed by atoms with van der Waals surface area (Å²) in [6.07, 6.45) is 5.45. The summed E-state index contributed by atoms with van der Waals surface area (Å²) >= 11 is 0. The predicted molar refractivity (Wildman–Crippen MR) is 89.7 cm³/mol. The van der Waals surface area contributed by atoms with Gasteiger partial charge in [-0.25, -0.2) is 4.79 Å². The van der Waals surface area contributed by atoms with Crippen molar-refractivity contribution in [2.75, 3.05) is 6.54 Å². The summed E-state index contributed by atoms with van der Waals surface area (Å²) in [7, 11) is 0. The van der Waals surface area contributed by atoms with Crippen molar-refractivity contribution in [3.8, 4) is 0 Å². The lowest BCUT2D eigenvalue weighted by molar-refractivity contribution is -0.130. The number of piperidine rings is 4. The molecule has 0 spiro atoms. The Kier molecular flexibility index (Phi) is 3.22. The van der Waals surface area contributed by atoms with Crippen LogP contribution in [0.1, 0.15) is 36.0 Å². The highest BCUT2D eigenvalue weighted by Gasteiger charge is 2.49. The number of nitrogens with zero attached hydrogens (tertiary/aromatic N) is 1. The Balaban J connectivity index is 1.32. The minimum Gasteiger partial charge on any atom is -0.459 e. The molecule has 5 heteroatoms. The largest absolute Gasteiger partial charge is 0.459 e. The van der Waals surface area contributed by atoms with E-state index in [0.717, 1.165) is 43.1 Å². The molecular weight excluding hydrogens is 304 g/mol. The Labute approximate surface area is 140 Å². The number of para-hydroxylation sites is 1. The van der Waals surface area contributed by atoms with Gasteiger partial charge in [0.1, 0.15) is 6.10 Å². The van der Waals surface area contributed by atoms with E-state index in [1.807, 2.05) is 24.3 Å². The molecule has 5 heterocycles. The minimum absolute atomic E-state index is 0.00592. The number of hydrogen-bond donors (Lipinski definition) is 2. The van der Waals surface area contributed by atoms with E-state index in [0.29, 0.717) is 23.6 Å². The van der Waals surface area contributed by atoms with Crippen molar-refractivity contribution in [3.63, 3.8) is 0 Å². The molecule has 4 aliphatic heterocycles. The molecule has 6 rings (SSSR count). The number of rotatable bonds is 2. The summed E-state index contributed by atoms with van der Waals surface area (Å²) in [5.74, 6) is 0.216. The van der Waals surface area contributed by atoms with E-state index in [1.165, 1.54) is 0 Å². The quantitative estimate of drug-likeness (QED) is 0.831. The van der Waals surface area contributed by atoms with Gasteiger partial charge in [-0.05, 0) is 24.8 Å². The van der Waals surface area contributed by atoms with Crippen molar-refractivity contribution in [3.05, 3.63) is 36.0 Å². The maximum absolute atomic E-state index is 12.6. The smallest absolute Gasteiger partial charge is 0.340 e. The van der Waals surface area contributed by atoms with Gasteiger partial charge >= 0.3 is 5.97 Å². The van der Waals surface area contributed by atoms with Gasteiger partial charge < -0.3 is 14.8 Å². The maximum Gasteiger partial charge on any atom is 0.340 e. The summed E-state index contributed by atoms with van der Waals surface area (Å²) in [6, 6.07) is 8.73. The number of carbonyl (C=O) groups is 1. The fraction of sp³-hybridized carbons (Fsp3) is 0.526. The first kappa shape index (κ1) is 14.5. The van der Waals surface area contributed by atoms with Crippen LogP contribution in [-0.2, 0) is 4.74 Å². The predicted octanol–water partition coefficient (Wildman–Crippen LogP) is 2.31. The highest BCUT2D eigenvalue weighted by atomic mass is 16.5. The molecule has 6 atom stereocenters. The zero-order valence-electron chi connectivity index (χ0n) is 13.5. The molecule has 0 radical (unpaired) electrons. The van der Waals surface area contributed by atoms with Crippen molar-refractivity contribution in [2.24, 2.45) is 5.92 Å². The molecule has 4 unspecified atom stereocenters. The molecule has 4 aliphatic rings. The molecule has 2 aromatic rings. The Morgan fingerprint density at radius 1 is 1.17 bits per heavy atom. The Morgan fingerprint density at radius 3 is 2.67 bits per heavy atom. The molecule has 0 aliphatic carbocycles. The van der Waals surface area contributed by atoms with Crippen LogP contribution in [0.2, 0.25) is 0 Å². The van der Waals surface area contributed by atoms with Crippen LogP contribution in [0.5, 0.6) is 0 Å². The number of aromatic nitrogens is 1. The molecule has 1 aromatic heterocycles. The zero-order chi connectivity index (χ0) is 16.3. The van der Waals surface area contributed by atoms with Gasteiger partial charge in [-0.15, -0.1) is 0 Å². The van der Waals surface area contributed by atoms with Crippen molar-refractivity contribution in [1.82, 2.24) is 9.88 Å². The molecule has 4 saturated heterocycles. The van der Waals surface area contributed by atoms with Gasteiger partial charge in [0, 0.05) is 48.6 Å². The van der Waals surface area contributed by atoms with E-state index in [2.05, 4.69) is 9.88 Å². The van der Waals surface area contributed by atoms with Crippen LogP contribution < -0.4 is 0 Å². The Hall–Kier alpha value is -1.85. The fourth-order valence-electron chi connectivity index (χ4n) is 5.06. The fourth-order valence-corrected chi connectivity index (χ4v) is 5.06. The third-order valence-electron chi connectivity index (χ3n) is 6.18. The lowest BCUT2D eigenvalue weighted by Gasteiger charge is -2.56. The van der Waals surface area contributed by atoms with E-state index in [9.17, 15) is 9.90 Å². The second kappa shape index (κ2) is 5.33. The van der Waals surface area contributed by atoms with Gasteiger partial charge in [-0.3, -0.25) is 4.90 Å². The monoisotopic (exact) mass is 326 g/mol. The van der Waals surface area contributed by atoms with Crippen LogP contribution in [0.15, 0.2) is 30.5 Å². The van der Waals surface area contributed by atoms with Crippen molar-refractivity contribution in [1.29, 1.82) is 0 Å². The number of nitrogens with one attached hydrogen (secondary N) is 1. The normalized spacial score (nSPS) is 37.5. The lowest BCUT2D eigenvalue weighted by Crippen LogP contribution is -2.64. The molecule has 24 heavy (non-hydrogen) atoms. The van der Waals surface area contributed by atoms with Crippen LogP contribution in [0, 0.1) is 5.92 Å². The Bertz CT molecular complexity index is 770. The molecule has 0 saturated carbocycles. The van der Waals surface area contributed by atoms with E-state index in [4.69, 9.17) is 4.74 Å². The molecular formula is C19H22N2O3. The maximum atomic E-state index is 12.6. The average Bonchev–Trinajstić information content (AvgIpc) is 2.99. The van der Waals surface area contributed by atoms with Gasteiger partial charge in [-0.2, -0.15) is 0 Å². The number of hydrogen-bond acceptors (Lipinski definition) is 4. The first-order valence-electron chi connectivity index (χ1n) is 8.90. The van der Waals surface area contributed by atoms with Crippen LogP contribution in [-0.4, -0.2) is 51.8 Å². The second-order valence-corrected chi connectivity index (χ2v) is 7.55. The van der Waals surface area contributed by atoms with E-state index >= 15 is 0 Å². The first-order valence-corrected chi connectivity index (χ1v) is 8.90. The third-order valence-corrected chi connectivity index (χ3v) is 6.18. The van der Waals surface area contributed by atoms with E-state index in [1.54, 1.807) is 6.20 Å². The van der Waals surface area contributed by atoms with E-state index < -0.39 is 0 Å². The molecule has 1 aromatic carbocycles. The van der Waals surface area contributed by atoms with Crippen LogP contribution in [0.3, 0.4) is 0 Å². The summed E-state index contributed by atoms with van der Waals surface area (Å²) in [5.41, 5.74) is 1.58. The van der Waals surface area contributed by atoms with Gasteiger partial charge in [0.05, 0.1) is 11.7 Å². The molecule has 4 fully saturated rings. The Morgan fingerprint density at radius 2 is 1.92 bits per heavy atom. The van der Waals surface area contributed by atoms with Gasteiger partial charge in [-0.1, -0.05) is 18.2 Å². The van der Waals surface area contributed by atoms with Crippen molar-refractivity contribution in [2.45, 2.75) is 50.0 Å². The van der Waals surface area contributed by atoms with Gasteiger partial charge in [0.2, 0.25) is 0 Å². The molecule has 4 bridgehead atoms. The highest BCUT2D eigenvalue weighted by molar-refractivity contribution is 6.04. The molecule has 5 nitrogen and oxygen atoms in total. The number of benzene rings is 1. The van der Waals surface area contributed by atoms with Crippen LogP contribution in [0.25, 0.3) is 10.9 Å². The van der Waals surface area contributed by atoms with Gasteiger partial charge in [0.15, 0.2) is 0 Å². The second-order valence-electron chi connectivity index (χ2n) is 7.55. The number of ether oxygens (including phenoxy) is 1. The number of carbonyl (C=O) groups excluding carboxylic acids is 1. The summed E-state index contributed by atoms with van der Waals surface area (Å²) in [6.45, 7) is 0.795. The number of aliphatic hydroxyl groups excluding tert-OH is 1. The summed E-state index contributed by atoms with van der Waals surface area (Å²) in [4.78, 5) is 18.2. The molecule has 0 amide bonds. The average molecular weight is 326 g/mol. The number of esters is 1. The first-order chi connectivity index (χ1) is 11.7. The summed E-state index contributed by atoms with van der Waals surface area (Å²) < 4.78 is 5.87. The van der Waals surface area contributed by atoms with Crippen LogP contribution in [0.4, 0.5) is 0 Å². The number of fused-ring (bicyclic) bond motifs is 2. The lowest BCUT2D eigenvalue weighted by atomic mass is 9.71. The molecule has 2 N–H and O–H groups in total. The number of aromatic amines is 1. The van der Waals surface area contributed by atoms with Crippen molar-refractivity contribution < 1.29 is 14.6 Å². The van der Waals surface area contributed by atoms with Gasteiger partial charge in [0.25, 0.3) is 0 Å². The zero-order valence-corrected chi connectivity index (χ0v) is 13.5. The van der Waals surface area contributed by atoms with Crippen molar-refractivity contribution >= 4 is 16.9 Å². The SMILES string of the molecule is O=C(OC1CC2CC3C[C@@H](C1)N2C[C@@H]3O)c1c[nH]c2ccccc12. The standard InChI is InChI=1S/C19H22N2O3/c22-18-10-21-12-5-11(18)6-13(21)8-14(7-12)24-19(23)16-9-20-17-4-2-1-3-15(16)17/h1-4,9,11-14,18,20,22H,5-8,10H2/t11?,12-,13?,14?,18-/m0/s1. The highest BCUT2D eigenvalue weighted by Crippen LogP contribution is 2.43. The van der Waals surface area contributed by atoms with Crippen LogP contribution >= 0.6 is 0 Å². The summed E-state index contributed by atoms with van der Waals surface area (Å²) in [5, 5.41) is 11.0. The third kappa shape index (κ3) is 2.19. The number of aliphatic hydroxyl groups is 1. The minimum atomic E-state index is -0.224.